The maximum atomic E-state index is 5.63. The van der Waals surface area contributed by atoms with Gasteiger partial charge >= 0.3 is 0 Å². The van der Waals surface area contributed by atoms with Gasteiger partial charge in [0.25, 0.3) is 0 Å². The van der Waals surface area contributed by atoms with E-state index in [0.717, 1.165) is 37.6 Å². The molecule has 2 aromatic carbocycles. The van der Waals surface area contributed by atoms with Crippen LogP contribution in [0.3, 0.4) is 0 Å². The van der Waals surface area contributed by atoms with Crippen LogP contribution in [0.25, 0.3) is 0 Å². The third kappa shape index (κ3) is 4.06. The van der Waals surface area contributed by atoms with Crippen molar-refractivity contribution in [2.45, 2.75) is 31.6 Å². The fraction of sp³-hybridized carbons (Fsp3) is 0.391. The lowest BCUT2D eigenvalue weighted by atomic mass is 9.96. The lowest BCUT2D eigenvalue weighted by Crippen LogP contribution is -2.48. The van der Waals surface area contributed by atoms with Crippen LogP contribution in [0.1, 0.15) is 36.1 Å². The second kappa shape index (κ2) is 8.22. The van der Waals surface area contributed by atoms with Crippen molar-refractivity contribution >= 4 is 12.2 Å². The summed E-state index contributed by atoms with van der Waals surface area (Å²) in [5.74, 6) is 0. The molecule has 0 spiro atoms. The number of hydrogen-bond donors (Lipinski definition) is 0. The molecule has 1 aromatic heterocycles. The third-order valence-corrected chi connectivity index (χ3v) is 6.46. The Balaban J connectivity index is 1.29. The average molecular weight is 406 g/mol. The summed E-state index contributed by atoms with van der Waals surface area (Å²) < 4.78 is 5.00. The van der Waals surface area contributed by atoms with Crippen LogP contribution in [-0.2, 0) is 6.67 Å². The Morgan fingerprint density at radius 2 is 1.45 bits per heavy atom. The second-order valence-electron chi connectivity index (χ2n) is 8.07. The van der Waals surface area contributed by atoms with E-state index in [1.807, 2.05) is 11.0 Å². The Morgan fingerprint density at radius 1 is 0.862 bits per heavy atom. The van der Waals surface area contributed by atoms with E-state index in [4.69, 9.17) is 12.2 Å². The predicted molar refractivity (Wildman–Crippen MR) is 117 cm³/mol. The summed E-state index contributed by atoms with van der Waals surface area (Å²) in [6, 6.07) is 22.6. The number of aromatic nitrogens is 3. The van der Waals surface area contributed by atoms with Crippen LogP contribution in [0.4, 0.5) is 0 Å². The molecule has 1 aliphatic heterocycles. The highest BCUT2D eigenvalue weighted by Crippen LogP contribution is 2.34. The van der Waals surface area contributed by atoms with Gasteiger partial charge in [-0.15, -0.1) is 0 Å². The van der Waals surface area contributed by atoms with E-state index in [0.29, 0.717) is 12.1 Å². The van der Waals surface area contributed by atoms with Gasteiger partial charge in [-0.2, -0.15) is 5.10 Å². The first kappa shape index (κ1) is 18.7. The molecular weight excluding hydrogens is 378 g/mol. The zero-order valence-corrected chi connectivity index (χ0v) is 17.4. The molecule has 0 N–H and O–H groups in total. The minimum Gasteiger partial charge on any atom is -0.303 e. The summed E-state index contributed by atoms with van der Waals surface area (Å²) in [7, 11) is 0. The summed E-state index contributed by atoms with van der Waals surface area (Å²) >= 11 is 5.63. The first-order valence-electron chi connectivity index (χ1n) is 10.5. The van der Waals surface area contributed by atoms with Crippen molar-refractivity contribution in [2.75, 3.05) is 26.2 Å². The van der Waals surface area contributed by atoms with Gasteiger partial charge in [0.2, 0.25) is 0 Å². The summed E-state index contributed by atoms with van der Waals surface area (Å²) in [6.45, 7) is 4.90. The highest BCUT2D eigenvalue weighted by atomic mass is 32.1. The van der Waals surface area contributed by atoms with Gasteiger partial charge in [-0.1, -0.05) is 60.7 Å². The molecule has 5 rings (SSSR count). The molecule has 0 unspecified atom stereocenters. The van der Waals surface area contributed by atoms with Gasteiger partial charge in [0.15, 0.2) is 4.77 Å². The molecule has 0 atom stereocenters. The fourth-order valence-electron chi connectivity index (χ4n) is 4.29. The number of benzene rings is 2. The second-order valence-corrected chi connectivity index (χ2v) is 8.44. The summed E-state index contributed by atoms with van der Waals surface area (Å²) in [4.78, 5) is 5.06. The molecular formula is C23H27N5S. The van der Waals surface area contributed by atoms with Crippen molar-refractivity contribution in [2.24, 2.45) is 0 Å². The number of rotatable bonds is 6. The van der Waals surface area contributed by atoms with Crippen LogP contribution in [0, 0.1) is 4.77 Å². The molecule has 5 nitrogen and oxygen atoms in total. The normalized spacial score (nSPS) is 18.4. The van der Waals surface area contributed by atoms with Gasteiger partial charge in [-0.3, -0.25) is 9.80 Å². The summed E-state index contributed by atoms with van der Waals surface area (Å²) in [5.41, 5.74) is 2.72. The predicted octanol–water partition coefficient (Wildman–Crippen LogP) is 4.11. The Labute approximate surface area is 177 Å². The molecule has 2 aliphatic rings. The minimum absolute atomic E-state index is 0.302. The number of nitrogens with zero attached hydrogens (tertiary/aromatic N) is 5. The Bertz CT molecular complexity index is 945. The van der Waals surface area contributed by atoms with Gasteiger partial charge in [0, 0.05) is 32.2 Å². The van der Waals surface area contributed by atoms with Crippen LogP contribution in [0.15, 0.2) is 67.0 Å². The SMILES string of the molecule is S=c1n(C2CC2)cnn1CN1CCN(C(c2ccccc2)c2ccccc2)CC1. The Hall–Kier alpha value is -2.28. The van der Waals surface area contributed by atoms with Gasteiger partial charge in [0.05, 0.1) is 12.7 Å². The Morgan fingerprint density at radius 3 is 2.00 bits per heavy atom. The third-order valence-electron chi connectivity index (χ3n) is 6.03. The molecule has 0 bridgehead atoms. The lowest BCUT2D eigenvalue weighted by Gasteiger charge is -2.39. The van der Waals surface area contributed by atoms with E-state index in [2.05, 4.69) is 80.1 Å². The van der Waals surface area contributed by atoms with Gasteiger partial charge < -0.3 is 4.57 Å². The molecule has 2 heterocycles. The van der Waals surface area contributed by atoms with Crippen molar-refractivity contribution in [3.05, 3.63) is 82.9 Å². The van der Waals surface area contributed by atoms with Gasteiger partial charge in [0.1, 0.15) is 6.33 Å². The van der Waals surface area contributed by atoms with E-state index in [-0.39, 0.29) is 0 Å². The molecule has 2 fully saturated rings. The first-order chi connectivity index (χ1) is 14.3. The van der Waals surface area contributed by atoms with Crippen LogP contribution in [0.2, 0.25) is 0 Å². The van der Waals surface area contributed by atoms with E-state index in [1.54, 1.807) is 0 Å². The van der Waals surface area contributed by atoms with Crippen molar-refractivity contribution in [1.82, 2.24) is 24.1 Å². The largest absolute Gasteiger partial charge is 0.303 e. The van der Waals surface area contributed by atoms with Gasteiger partial charge in [-0.05, 0) is 36.2 Å². The standard InChI is InChI=1S/C23H27N5S/c29-23-27(21-11-12-21)17-24-28(23)18-25-13-15-26(16-14-25)22(19-7-3-1-4-8-19)20-9-5-2-6-10-20/h1-10,17,21-22H,11-16,18H2. The highest BCUT2D eigenvalue weighted by molar-refractivity contribution is 7.71. The fourth-order valence-corrected chi connectivity index (χ4v) is 4.59. The zero-order chi connectivity index (χ0) is 19.6. The van der Waals surface area contributed by atoms with Crippen LogP contribution >= 0.6 is 12.2 Å². The molecule has 3 aromatic rings. The zero-order valence-electron chi connectivity index (χ0n) is 16.6. The monoisotopic (exact) mass is 405 g/mol. The van der Waals surface area contributed by atoms with Crippen LogP contribution in [-0.4, -0.2) is 50.3 Å². The van der Waals surface area contributed by atoms with Crippen molar-refractivity contribution in [1.29, 1.82) is 0 Å². The molecule has 0 radical (unpaired) electrons. The molecule has 29 heavy (non-hydrogen) atoms. The maximum Gasteiger partial charge on any atom is 0.199 e. The molecule has 1 saturated heterocycles. The molecule has 150 valence electrons. The van der Waals surface area contributed by atoms with E-state index in [9.17, 15) is 0 Å². The molecule has 1 saturated carbocycles. The first-order valence-corrected chi connectivity index (χ1v) is 10.9. The summed E-state index contributed by atoms with van der Waals surface area (Å²) in [6.07, 6.45) is 4.38. The summed E-state index contributed by atoms with van der Waals surface area (Å²) in [5, 5.41) is 4.54. The maximum absolute atomic E-state index is 5.63. The minimum atomic E-state index is 0.302. The van der Waals surface area contributed by atoms with E-state index < -0.39 is 0 Å². The molecule has 0 amide bonds. The van der Waals surface area contributed by atoms with Crippen LogP contribution < -0.4 is 0 Å². The quantitative estimate of drug-likeness (QED) is 0.577. The highest BCUT2D eigenvalue weighted by Gasteiger charge is 2.28. The van der Waals surface area contributed by atoms with E-state index in [1.165, 1.54) is 24.0 Å². The Kier molecular flexibility index (Phi) is 5.31. The number of piperazine rings is 1. The molecule has 6 heteroatoms. The van der Waals surface area contributed by atoms with Crippen molar-refractivity contribution < 1.29 is 0 Å². The van der Waals surface area contributed by atoms with Crippen molar-refractivity contribution in [3.63, 3.8) is 0 Å². The van der Waals surface area contributed by atoms with Crippen molar-refractivity contribution in [3.8, 4) is 0 Å². The average Bonchev–Trinajstić information content (AvgIpc) is 3.55. The number of hydrogen-bond acceptors (Lipinski definition) is 4. The topological polar surface area (TPSA) is 29.2 Å². The lowest BCUT2D eigenvalue weighted by molar-refractivity contribution is 0.0843. The van der Waals surface area contributed by atoms with Gasteiger partial charge in [-0.25, -0.2) is 4.68 Å². The van der Waals surface area contributed by atoms with E-state index >= 15 is 0 Å². The molecule has 1 aliphatic carbocycles. The smallest absolute Gasteiger partial charge is 0.199 e. The van der Waals surface area contributed by atoms with Crippen LogP contribution in [0.5, 0.6) is 0 Å².